The highest BCUT2D eigenvalue weighted by Crippen LogP contribution is 2.03. The third-order valence-corrected chi connectivity index (χ3v) is 2.55. The average Bonchev–Trinajstić information content (AvgIpc) is 2.30. The van der Waals surface area contributed by atoms with E-state index < -0.39 is 0 Å². The van der Waals surface area contributed by atoms with Crippen LogP contribution in [-0.4, -0.2) is 28.2 Å². The van der Waals surface area contributed by atoms with Crippen LogP contribution in [0.15, 0.2) is 29.2 Å². The molecular formula is C13H20N2O3. The SMILES string of the molecule is CC(C)CC(CO)NC(=O)Cn1ccccc1=O. The van der Waals surface area contributed by atoms with Gasteiger partial charge < -0.3 is 15.0 Å². The first-order valence-electron chi connectivity index (χ1n) is 6.08. The summed E-state index contributed by atoms with van der Waals surface area (Å²) in [5, 5.41) is 11.9. The molecule has 1 aromatic heterocycles. The van der Waals surface area contributed by atoms with Crippen LogP contribution in [0.25, 0.3) is 0 Å². The molecule has 1 heterocycles. The Balaban J connectivity index is 2.56. The van der Waals surface area contributed by atoms with Gasteiger partial charge in [0.15, 0.2) is 0 Å². The van der Waals surface area contributed by atoms with Crippen LogP contribution in [0.5, 0.6) is 0 Å². The van der Waals surface area contributed by atoms with Crippen molar-refractivity contribution >= 4 is 5.91 Å². The Bertz CT molecular complexity index is 440. The van der Waals surface area contributed by atoms with Crippen molar-refractivity contribution < 1.29 is 9.90 Å². The fourth-order valence-corrected chi connectivity index (χ4v) is 1.77. The summed E-state index contributed by atoms with van der Waals surface area (Å²) in [6.07, 6.45) is 2.28. The van der Waals surface area contributed by atoms with Crippen molar-refractivity contribution in [1.82, 2.24) is 9.88 Å². The summed E-state index contributed by atoms with van der Waals surface area (Å²) in [5.74, 6) is 0.130. The van der Waals surface area contributed by atoms with Gasteiger partial charge in [-0.15, -0.1) is 0 Å². The molecule has 1 unspecified atom stereocenters. The maximum Gasteiger partial charge on any atom is 0.250 e. The average molecular weight is 252 g/mol. The van der Waals surface area contributed by atoms with E-state index in [1.54, 1.807) is 18.3 Å². The molecule has 0 bridgehead atoms. The van der Waals surface area contributed by atoms with E-state index in [9.17, 15) is 9.59 Å². The second kappa shape index (κ2) is 6.96. The molecule has 0 radical (unpaired) electrons. The molecule has 0 aliphatic rings. The molecule has 5 nitrogen and oxygen atoms in total. The normalized spacial score (nSPS) is 12.4. The molecule has 0 fully saturated rings. The van der Waals surface area contributed by atoms with Crippen LogP contribution in [0.2, 0.25) is 0 Å². The summed E-state index contributed by atoms with van der Waals surface area (Å²) in [6.45, 7) is 3.94. The monoisotopic (exact) mass is 252 g/mol. The molecule has 1 amide bonds. The van der Waals surface area contributed by atoms with E-state index in [0.717, 1.165) is 0 Å². The number of amides is 1. The number of carbonyl (C=O) groups excluding carboxylic acids is 1. The van der Waals surface area contributed by atoms with Gasteiger partial charge in [0.2, 0.25) is 5.91 Å². The van der Waals surface area contributed by atoms with Gasteiger partial charge in [0, 0.05) is 12.3 Å². The number of aliphatic hydroxyl groups is 1. The van der Waals surface area contributed by atoms with Crippen molar-refractivity contribution in [3.63, 3.8) is 0 Å². The van der Waals surface area contributed by atoms with Gasteiger partial charge in [-0.1, -0.05) is 19.9 Å². The molecule has 0 spiro atoms. The number of hydrogen-bond donors (Lipinski definition) is 2. The number of hydrogen-bond acceptors (Lipinski definition) is 3. The van der Waals surface area contributed by atoms with Gasteiger partial charge in [-0.2, -0.15) is 0 Å². The first-order valence-corrected chi connectivity index (χ1v) is 6.08. The van der Waals surface area contributed by atoms with Gasteiger partial charge in [0.25, 0.3) is 5.56 Å². The quantitative estimate of drug-likeness (QED) is 0.768. The van der Waals surface area contributed by atoms with Crippen LogP contribution < -0.4 is 10.9 Å². The Morgan fingerprint density at radius 3 is 2.72 bits per heavy atom. The van der Waals surface area contributed by atoms with Crippen LogP contribution >= 0.6 is 0 Å². The van der Waals surface area contributed by atoms with E-state index in [2.05, 4.69) is 5.32 Å². The highest BCUT2D eigenvalue weighted by atomic mass is 16.3. The molecule has 0 saturated carbocycles. The lowest BCUT2D eigenvalue weighted by Crippen LogP contribution is -2.41. The van der Waals surface area contributed by atoms with Crippen LogP contribution in [0, 0.1) is 5.92 Å². The Morgan fingerprint density at radius 2 is 2.17 bits per heavy atom. The molecular weight excluding hydrogens is 232 g/mol. The van der Waals surface area contributed by atoms with E-state index in [1.807, 2.05) is 13.8 Å². The van der Waals surface area contributed by atoms with Crippen molar-refractivity contribution in [2.45, 2.75) is 32.9 Å². The van der Waals surface area contributed by atoms with Crippen molar-refractivity contribution in [2.24, 2.45) is 5.92 Å². The predicted octanol–water partition coefficient (Wildman–Crippen LogP) is 0.371. The van der Waals surface area contributed by atoms with Crippen molar-refractivity contribution in [3.05, 3.63) is 34.7 Å². The van der Waals surface area contributed by atoms with E-state index in [0.29, 0.717) is 12.3 Å². The Kier molecular flexibility index (Phi) is 5.58. The van der Waals surface area contributed by atoms with Crippen molar-refractivity contribution in [1.29, 1.82) is 0 Å². The predicted molar refractivity (Wildman–Crippen MR) is 69.2 cm³/mol. The molecule has 5 heteroatoms. The molecule has 0 aliphatic heterocycles. The number of rotatable bonds is 6. The molecule has 1 atom stereocenters. The smallest absolute Gasteiger partial charge is 0.250 e. The number of nitrogens with zero attached hydrogens (tertiary/aromatic N) is 1. The van der Waals surface area contributed by atoms with Crippen LogP contribution in [0.4, 0.5) is 0 Å². The van der Waals surface area contributed by atoms with Gasteiger partial charge in [-0.25, -0.2) is 0 Å². The van der Waals surface area contributed by atoms with Crippen LogP contribution in [-0.2, 0) is 11.3 Å². The zero-order chi connectivity index (χ0) is 13.5. The van der Waals surface area contributed by atoms with Gasteiger partial charge in [-0.05, 0) is 18.4 Å². The lowest BCUT2D eigenvalue weighted by atomic mass is 10.0. The van der Waals surface area contributed by atoms with Gasteiger partial charge in [0.1, 0.15) is 6.54 Å². The van der Waals surface area contributed by atoms with Gasteiger partial charge in [0.05, 0.1) is 12.6 Å². The Morgan fingerprint density at radius 1 is 1.44 bits per heavy atom. The minimum atomic E-state index is -0.261. The zero-order valence-electron chi connectivity index (χ0n) is 10.8. The number of carbonyl (C=O) groups is 1. The standard InChI is InChI=1S/C13H20N2O3/c1-10(2)7-11(9-16)14-12(17)8-15-6-4-3-5-13(15)18/h3-6,10-11,16H,7-9H2,1-2H3,(H,14,17). The Hall–Kier alpha value is -1.62. The third kappa shape index (κ3) is 4.71. The summed E-state index contributed by atoms with van der Waals surface area (Å²) in [6, 6.07) is 4.49. The first kappa shape index (κ1) is 14.4. The third-order valence-electron chi connectivity index (χ3n) is 2.55. The molecule has 2 N–H and O–H groups in total. The molecule has 18 heavy (non-hydrogen) atoms. The van der Waals surface area contributed by atoms with E-state index >= 15 is 0 Å². The second-order valence-electron chi connectivity index (χ2n) is 4.74. The molecule has 1 rings (SSSR count). The highest BCUT2D eigenvalue weighted by molar-refractivity contribution is 5.76. The number of aliphatic hydroxyl groups excluding tert-OH is 1. The summed E-state index contributed by atoms with van der Waals surface area (Å²) in [4.78, 5) is 23.2. The lowest BCUT2D eigenvalue weighted by molar-refractivity contribution is -0.122. The van der Waals surface area contributed by atoms with Crippen LogP contribution in [0.1, 0.15) is 20.3 Å². The minimum Gasteiger partial charge on any atom is -0.394 e. The number of pyridine rings is 1. The summed E-state index contributed by atoms with van der Waals surface area (Å²) in [5.41, 5.74) is -0.211. The van der Waals surface area contributed by atoms with E-state index in [1.165, 1.54) is 10.6 Å². The first-order chi connectivity index (χ1) is 8.52. The lowest BCUT2D eigenvalue weighted by Gasteiger charge is -2.18. The molecule has 0 saturated heterocycles. The van der Waals surface area contributed by atoms with Crippen molar-refractivity contribution in [2.75, 3.05) is 6.61 Å². The van der Waals surface area contributed by atoms with Gasteiger partial charge in [-0.3, -0.25) is 9.59 Å². The molecule has 1 aromatic rings. The molecule has 0 aromatic carbocycles. The summed E-state index contributed by atoms with van der Waals surface area (Å²) >= 11 is 0. The van der Waals surface area contributed by atoms with Gasteiger partial charge >= 0.3 is 0 Å². The van der Waals surface area contributed by atoms with E-state index in [4.69, 9.17) is 5.11 Å². The topological polar surface area (TPSA) is 71.3 Å². The minimum absolute atomic E-state index is 0.0196. The fourth-order valence-electron chi connectivity index (χ4n) is 1.77. The molecule has 100 valence electrons. The summed E-state index contributed by atoms with van der Waals surface area (Å²) < 4.78 is 1.33. The maximum absolute atomic E-state index is 11.7. The molecule has 0 aliphatic carbocycles. The van der Waals surface area contributed by atoms with Crippen molar-refractivity contribution in [3.8, 4) is 0 Å². The highest BCUT2D eigenvalue weighted by Gasteiger charge is 2.13. The Labute approximate surface area is 106 Å². The maximum atomic E-state index is 11.7. The number of aromatic nitrogens is 1. The van der Waals surface area contributed by atoms with Crippen LogP contribution in [0.3, 0.4) is 0 Å². The summed E-state index contributed by atoms with van der Waals surface area (Å²) in [7, 11) is 0. The largest absolute Gasteiger partial charge is 0.394 e. The zero-order valence-corrected chi connectivity index (χ0v) is 10.8. The second-order valence-corrected chi connectivity index (χ2v) is 4.74. The number of nitrogens with one attached hydrogen (secondary N) is 1. The van der Waals surface area contributed by atoms with E-state index in [-0.39, 0.29) is 30.7 Å². The fraction of sp³-hybridized carbons (Fsp3) is 0.538.